The Kier molecular flexibility index (Phi) is 5.96. The van der Waals surface area contributed by atoms with Crippen LogP contribution < -0.4 is 5.56 Å². The summed E-state index contributed by atoms with van der Waals surface area (Å²) in [4.78, 5) is 30.9. The molecule has 0 aliphatic rings. The molecule has 152 valence electrons. The summed E-state index contributed by atoms with van der Waals surface area (Å²) < 4.78 is 1.56. The van der Waals surface area contributed by atoms with E-state index in [0.717, 1.165) is 11.3 Å². The number of para-hydroxylation sites is 2. The van der Waals surface area contributed by atoms with E-state index < -0.39 is 5.92 Å². The van der Waals surface area contributed by atoms with Gasteiger partial charge in [-0.2, -0.15) is 5.26 Å². The number of thioether (sulfide) groups is 1. The molecular weight excluding hydrogens is 406 g/mol. The van der Waals surface area contributed by atoms with Gasteiger partial charge in [0.1, 0.15) is 5.92 Å². The maximum atomic E-state index is 13.3. The largest absolute Gasteiger partial charge is 0.297 e. The van der Waals surface area contributed by atoms with Crippen molar-refractivity contribution in [3.05, 3.63) is 100 Å². The van der Waals surface area contributed by atoms with Gasteiger partial charge in [-0.1, -0.05) is 72.4 Å². The minimum atomic E-state index is -0.854. The molecule has 1 aromatic heterocycles. The molecule has 0 unspecified atom stereocenters. The van der Waals surface area contributed by atoms with E-state index in [0.29, 0.717) is 21.6 Å². The Morgan fingerprint density at radius 3 is 2.45 bits per heavy atom. The number of carbonyl (C=O) groups excluding carboxylic acids is 1. The number of aryl methyl sites for hydroxylation is 1. The van der Waals surface area contributed by atoms with Crippen LogP contribution in [0.5, 0.6) is 0 Å². The minimum absolute atomic E-state index is 0.0315. The molecule has 4 rings (SSSR count). The molecule has 5 nitrogen and oxygen atoms in total. The van der Waals surface area contributed by atoms with E-state index in [2.05, 4.69) is 11.1 Å². The van der Waals surface area contributed by atoms with Crippen LogP contribution in [0.3, 0.4) is 0 Å². The van der Waals surface area contributed by atoms with E-state index in [1.54, 1.807) is 47.0 Å². The molecule has 0 aliphatic carbocycles. The Morgan fingerprint density at radius 1 is 1.03 bits per heavy atom. The summed E-state index contributed by atoms with van der Waals surface area (Å²) in [6, 6.07) is 25.8. The summed E-state index contributed by atoms with van der Waals surface area (Å²) in [6.07, 6.45) is 0. The van der Waals surface area contributed by atoms with Gasteiger partial charge in [0.2, 0.25) is 0 Å². The lowest BCUT2D eigenvalue weighted by Crippen LogP contribution is -2.23. The van der Waals surface area contributed by atoms with Crippen LogP contribution in [-0.2, 0) is 4.79 Å². The molecule has 6 heteroatoms. The predicted octanol–water partition coefficient (Wildman–Crippen LogP) is 4.66. The van der Waals surface area contributed by atoms with E-state index in [9.17, 15) is 14.9 Å². The average Bonchev–Trinajstić information content (AvgIpc) is 2.80. The van der Waals surface area contributed by atoms with Gasteiger partial charge in [-0.05, 0) is 36.2 Å². The highest BCUT2D eigenvalue weighted by Gasteiger charge is 2.22. The fraction of sp³-hybridized carbons (Fsp3) is 0.120. The Labute approximate surface area is 184 Å². The number of hydrogen-bond donors (Lipinski definition) is 0. The lowest BCUT2D eigenvalue weighted by molar-refractivity contribution is -0.116. The van der Waals surface area contributed by atoms with Crippen molar-refractivity contribution in [1.29, 1.82) is 5.26 Å². The maximum absolute atomic E-state index is 13.3. The van der Waals surface area contributed by atoms with Crippen molar-refractivity contribution in [2.45, 2.75) is 18.0 Å². The number of benzene rings is 3. The van der Waals surface area contributed by atoms with Gasteiger partial charge in [0.05, 0.1) is 28.4 Å². The molecule has 1 atom stereocenters. The van der Waals surface area contributed by atoms with Crippen LogP contribution >= 0.6 is 11.8 Å². The van der Waals surface area contributed by atoms with Crippen LogP contribution in [0.15, 0.2) is 88.8 Å². The fourth-order valence-electron chi connectivity index (χ4n) is 3.43. The second kappa shape index (κ2) is 8.99. The van der Waals surface area contributed by atoms with Gasteiger partial charge in [-0.15, -0.1) is 0 Å². The monoisotopic (exact) mass is 425 g/mol. The van der Waals surface area contributed by atoms with Crippen molar-refractivity contribution in [2.75, 3.05) is 5.75 Å². The molecule has 0 saturated carbocycles. The second-order valence-electron chi connectivity index (χ2n) is 7.07. The van der Waals surface area contributed by atoms with Crippen LogP contribution in [0, 0.1) is 18.3 Å². The Bertz CT molecular complexity index is 1360. The van der Waals surface area contributed by atoms with Crippen molar-refractivity contribution < 1.29 is 4.79 Å². The first-order valence-electron chi connectivity index (χ1n) is 9.78. The Balaban J connectivity index is 1.74. The Morgan fingerprint density at radius 2 is 1.71 bits per heavy atom. The number of ketones is 1. The van der Waals surface area contributed by atoms with Gasteiger partial charge < -0.3 is 0 Å². The SMILES string of the molecule is Cc1ccccc1-n1c(SCC(=O)[C@@H](C#N)c2ccccc2)nc2ccccc2c1=O. The standard InChI is InChI=1S/C25H19N3O2S/c1-17-9-5-8-14-22(17)28-24(30)19-12-6-7-13-21(19)27-25(28)31-16-23(29)20(15-26)18-10-3-2-4-11-18/h2-14,20H,16H2,1H3/t20-/m0/s1. The molecule has 0 saturated heterocycles. The zero-order valence-electron chi connectivity index (χ0n) is 16.9. The number of rotatable bonds is 6. The van der Waals surface area contributed by atoms with Crippen LogP contribution in [0.1, 0.15) is 17.0 Å². The summed E-state index contributed by atoms with van der Waals surface area (Å²) in [5, 5.41) is 10.5. The molecule has 0 radical (unpaired) electrons. The number of nitrogens with zero attached hydrogens (tertiary/aromatic N) is 3. The molecule has 0 fully saturated rings. The topological polar surface area (TPSA) is 75.8 Å². The molecule has 3 aromatic carbocycles. The number of fused-ring (bicyclic) bond motifs is 1. The molecule has 0 aliphatic heterocycles. The first-order chi connectivity index (χ1) is 15.1. The third-order valence-electron chi connectivity index (χ3n) is 5.03. The smallest absolute Gasteiger partial charge is 0.266 e. The van der Waals surface area contributed by atoms with Gasteiger partial charge in [0.15, 0.2) is 10.9 Å². The van der Waals surface area contributed by atoms with Gasteiger partial charge >= 0.3 is 0 Å². The highest BCUT2D eigenvalue weighted by molar-refractivity contribution is 7.99. The van der Waals surface area contributed by atoms with Crippen molar-refractivity contribution in [2.24, 2.45) is 0 Å². The number of aromatic nitrogens is 2. The minimum Gasteiger partial charge on any atom is -0.297 e. The van der Waals surface area contributed by atoms with E-state index in [4.69, 9.17) is 0 Å². The van der Waals surface area contributed by atoms with Crippen LogP contribution in [0.4, 0.5) is 0 Å². The van der Waals surface area contributed by atoms with Crippen molar-refractivity contribution in [3.63, 3.8) is 0 Å². The Hall–Kier alpha value is -3.69. The predicted molar refractivity (Wildman–Crippen MR) is 123 cm³/mol. The molecule has 0 bridgehead atoms. The van der Waals surface area contributed by atoms with Gasteiger partial charge in [0.25, 0.3) is 5.56 Å². The number of Topliss-reactive ketones (excluding diaryl/α,β-unsaturated/α-hetero) is 1. The average molecular weight is 426 g/mol. The summed E-state index contributed by atoms with van der Waals surface area (Å²) in [6.45, 7) is 1.93. The van der Waals surface area contributed by atoms with E-state index in [-0.39, 0.29) is 17.1 Å². The summed E-state index contributed by atoms with van der Waals surface area (Å²) in [7, 11) is 0. The third-order valence-corrected chi connectivity index (χ3v) is 5.99. The van der Waals surface area contributed by atoms with Gasteiger partial charge in [-0.25, -0.2) is 4.98 Å². The number of carbonyl (C=O) groups is 1. The van der Waals surface area contributed by atoms with Crippen LogP contribution in [0.25, 0.3) is 16.6 Å². The molecule has 0 spiro atoms. The zero-order valence-corrected chi connectivity index (χ0v) is 17.7. The fourth-order valence-corrected chi connectivity index (χ4v) is 4.34. The second-order valence-corrected chi connectivity index (χ2v) is 8.01. The normalized spacial score (nSPS) is 11.7. The quantitative estimate of drug-likeness (QED) is 0.332. The third kappa shape index (κ3) is 4.14. The lowest BCUT2D eigenvalue weighted by Gasteiger charge is -2.15. The first kappa shape index (κ1) is 20.6. The van der Waals surface area contributed by atoms with Crippen LogP contribution in [-0.4, -0.2) is 21.1 Å². The summed E-state index contributed by atoms with van der Waals surface area (Å²) >= 11 is 1.18. The first-order valence-corrected chi connectivity index (χ1v) is 10.8. The summed E-state index contributed by atoms with van der Waals surface area (Å²) in [5.41, 5.74) is 2.70. The highest BCUT2D eigenvalue weighted by Crippen LogP contribution is 2.25. The molecule has 1 heterocycles. The molecule has 0 N–H and O–H groups in total. The molecule has 31 heavy (non-hydrogen) atoms. The highest BCUT2D eigenvalue weighted by atomic mass is 32.2. The maximum Gasteiger partial charge on any atom is 0.266 e. The van der Waals surface area contributed by atoms with E-state index >= 15 is 0 Å². The molecule has 0 amide bonds. The van der Waals surface area contributed by atoms with Crippen LogP contribution in [0.2, 0.25) is 0 Å². The molecule has 4 aromatic rings. The van der Waals surface area contributed by atoms with E-state index in [1.807, 2.05) is 43.3 Å². The number of nitriles is 1. The number of hydrogen-bond acceptors (Lipinski definition) is 5. The van der Waals surface area contributed by atoms with Crippen molar-refractivity contribution in [3.8, 4) is 11.8 Å². The summed E-state index contributed by atoms with van der Waals surface area (Å²) in [5.74, 6) is -1.05. The van der Waals surface area contributed by atoms with Gasteiger partial charge in [-0.3, -0.25) is 14.2 Å². The van der Waals surface area contributed by atoms with Gasteiger partial charge in [0, 0.05) is 0 Å². The van der Waals surface area contributed by atoms with E-state index in [1.165, 1.54) is 11.8 Å². The zero-order chi connectivity index (χ0) is 21.8. The molecular formula is C25H19N3O2S. The van der Waals surface area contributed by atoms with Crippen molar-refractivity contribution in [1.82, 2.24) is 9.55 Å². The van der Waals surface area contributed by atoms with Crippen molar-refractivity contribution >= 4 is 28.4 Å². The lowest BCUT2D eigenvalue weighted by atomic mass is 9.97.